The fourth-order valence-corrected chi connectivity index (χ4v) is 1.35. The van der Waals surface area contributed by atoms with Crippen LogP contribution in [0.4, 0.5) is 22.0 Å². The van der Waals surface area contributed by atoms with Crippen molar-refractivity contribution in [3.05, 3.63) is 0 Å². The van der Waals surface area contributed by atoms with Gasteiger partial charge in [0.25, 0.3) is 6.17 Å². The lowest BCUT2D eigenvalue weighted by atomic mass is 10.4. The molecule has 0 aromatic rings. The molecule has 0 heterocycles. The van der Waals surface area contributed by atoms with E-state index < -0.39 is 36.9 Å². The van der Waals surface area contributed by atoms with Crippen LogP contribution >= 0.6 is 0 Å². The summed E-state index contributed by atoms with van der Waals surface area (Å²) in [6.07, 6.45) is -5.16. The van der Waals surface area contributed by atoms with Crippen LogP contribution in [-0.4, -0.2) is 42.6 Å². The third-order valence-electron chi connectivity index (χ3n) is 1.28. The lowest BCUT2D eigenvalue weighted by molar-refractivity contribution is -0.103. The first kappa shape index (κ1) is 15.5. The van der Waals surface area contributed by atoms with Crippen molar-refractivity contribution in [1.82, 2.24) is 0 Å². The standard InChI is InChI=1S/C3H3F5O6S2/c4-1(2(5,6)15(9,10)11)3(7,8)16(12,13)14/h1H,(H,9,10,11)(H,12,13,14). The zero-order chi connectivity index (χ0) is 13.6. The Morgan fingerprint density at radius 3 is 1.12 bits per heavy atom. The van der Waals surface area contributed by atoms with Crippen molar-refractivity contribution < 1.29 is 47.9 Å². The molecule has 0 aromatic heterocycles. The van der Waals surface area contributed by atoms with Gasteiger partial charge in [-0.25, -0.2) is 4.39 Å². The Labute approximate surface area is 85.6 Å². The molecule has 0 aromatic carbocycles. The average Bonchev–Trinajstić information content (AvgIpc) is 1.98. The summed E-state index contributed by atoms with van der Waals surface area (Å²) in [7, 11) is -13.2. The van der Waals surface area contributed by atoms with Gasteiger partial charge >= 0.3 is 30.7 Å². The normalized spacial score (nSPS) is 15.5. The highest BCUT2D eigenvalue weighted by Gasteiger charge is 2.68. The van der Waals surface area contributed by atoms with E-state index in [1.165, 1.54) is 0 Å². The highest BCUT2D eigenvalue weighted by molar-refractivity contribution is 7.88. The van der Waals surface area contributed by atoms with Gasteiger partial charge in [0.1, 0.15) is 0 Å². The van der Waals surface area contributed by atoms with E-state index in [1.807, 2.05) is 0 Å². The van der Waals surface area contributed by atoms with E-state index >= 15 is 0 Å². The van der Waals surface area contributed by atoms with E-state index in [2.05, 4.69) is 0 Å². The Morgan fingerprint density at radius 2 is 1.00 bits per heavy atom. The van der Waals surface area contributed by atoms with Gasteiger partial charge in [0.15, 0.2) is 0 Å². The highest BCUT2D eigenvalue weighted by Crippen LogP contribution is 2.39. The summed E-state index contributed by atoms with van der Waals surface area (Å²) in [6.45, 7) is 0. The van der Waals surface area contributed by atoms with Gasteiger partial charge in [-0.15, -0.1) is 0 Å². The molecule has 0 aliphatic rings. The van der Waals surface area contributed by atoms with Crippen LogP contribution < -0.4 is 0 Å². The first-order valence-corrected chi connectivity index (χ1v) is 5.87. The summed E-state index contributed by atoms with van der Waals surface area (Å²) >= 11 is 0. The minimum absolute atomic E-state index is 5.16. The predicted octanol–water partition coefficient (Wildman–Crippen LogP) is 0.286. The molecule has 0 aliphatic carbocycles. The quantitative estimate of drug-likeness (QED) is 0.569. The molecule has 2 N–H and O–H groups in total. The molecule has 0 unspecified atom stereocenters. The monoisotopic (exact) mass is 294 g/mol. The van der Waals surface area contributed by atoms with Crippen molar-refractivity contribution in [1.29, 1.82) is 0 Å². The first-order chi connectivity index (χ1) is 6.65. The molecular formula is C3H3F5O6S2. The van der Waals surface area contributed by atoms with Gasteiger partial charge in [0.2, 0.25) is 0 Å². The van der Waals surface area contributed by atoms with Gasteiger partial charge in [-0.05, 0) is 0 Å². The number of rotatable bonds is 4. The molecule has 16 heavy (non-hydrogen) atoms. The molecule has 0 radical (unpaired) electrons. The van der Waals surface area contributed by atoms with E-state index in [4.69, 9.17) is 9.11 Å². The molecule has 0 bridgehead atoms. The fraction of sp³-hybridized carbons (Fsp3) is 1.00. The Morgan fingerprint density at radius 1 is 0.812 bits per heavy atom. The average molecular weight is 294 g/mol. The van der Waals surface area contributed by atoms with Gasteiger partial charge < -0.3 is 0 Å². The maximum Gasteiger partial charge on any atom is 0.407 e. The Balaban J connectivity index is 5.66. The van der Waals surface area contributed by atoms with E-state index in [1.54, 1.807) is 0 Å². The van der Waals surface area contributed by atoms with Crippen LogP contribution in [0.3, 0.4) is 0 Å². The maximum atomic E-state index is 12.4. The zero-order valence-electron chi connectivity index (χ0n) is 6.81. The molecule has 0 fully saturated rings. The van der Waals surface area contributed by atoms with Crippen molar-refractivity contribution in [3.8, 4) is 0 Å². The molecule has 0 rings (SSSR count). The lowest BCUT2D eigenvalue weighted by Gasteiger charge is -2.22. The lowest BCUT2D eigenvalue weighted by Crippen LogP contribution is -2.52. The maximum absolute atomic E-state index is 12.4. The summed E-state index contributed by atoms with van der Waals surface area (Å²) in [6, 6.07) is 0. The summed E-state index contributed by atoms with van der Waals surface area (Å²) in [5, 5.41) is -12.2. The Bertz CT molecular complexity index is 420. The van der Waals surface area contributed by atoms with Crippen LogP contribution in [0.25, 0.3) is 0 Å². The number of halogens is 5. The molecule has 0 saturated carbocycles. The predicted molar refractivity (Wildman–Crippen MR) is 37.9 cm³/mol. The molecule has 0 spiro atoms. The van der Waals surface area contributed by atoms with E-state index in [9.17, 15) is 38.8 Å². The summed E-state index contributed by atoms with van der Waals surface area (Å²) in [5.74, 6) is 0. The molecule has 0 atom stereocenters. The second-order valence-corrected chi connectivity index (χ2v) is 5.43. The van der Waals surface area contributed by atoms with Crippen LogP contribution in [0.1, 0.15) is 0 Å². The largest absolute Gasteiger partial charge is 0.407 e. The zero-order valence-corrected chi connectivity index (χ0v) is 8.44. The summed E-state index contributed by atoms with van der Waals surface area (Å²) < 4.78 is 116. The second kappa shape index (κ2) is 3.75. The second-order valence-electron chi connectivity index (χ2n) is 2.44. The van der Waals surface area contributed by atoms with Crippen molar-refractivity contribution in [2.75, 3.05) is 0 Å². The van der Waals surface area contributed by atoms with Gasteiger partial charge in [0.05, 0.1) is 0 Å². The van der Waals surface area contributed by atoms with Gasteiger partial charge in [0, 0.05) is 0 Å². The third-order valence-corrected chi connectivity index (χ3v) is 3.07. The first-order valence-electron chi connectivity index (χ1n) is 2.99. The number of alkyl halides is 5. The van der Waals surface area contributed by atoms with Crippen LogP contribution in [-0.2, 0) is 20.2 Å². The van der Waals surface area contributed by atoms with E-state index in [-0.39, 0.29) is 0 Å². The Kier molecular flexibility index (Phi) is 3.62. The Hall–Kier alpha value is -0.530. The fourth-order valence-electron chi connectivity index (χ4n) is 0.457. The van der Waals surface area contributed by atoms with Crippen molar-refractivity contribution in [3.63, 3.8) is 0 Å². The molecular weight excluding hydrogens is 291 g/mol. The topological polar surface area (TPSA) is 109 Å². The third kappa shape index (κ3) is 2.41. The molecule has 13 heteroatoms. The van der Waals surface area contributed by atoms with Crippen LogP contribution in [0.5, 0.6) is 0 Å². The molecule has 98 valence electrons. The van der Waals surface area contributed by atoms with Crippen molar-refractivity contribution in [2.24, 2.45) is 0 Å². The smallest absolute Gasteiger partial charge is 0.281 e. The van der Waals surface area contributed by atoms with E-state index in [0.29, 0.717) is 0 Å². The summed E-state index contributed by atoms with van der Waals surface area (Å²) in [5.41, 5.74) is 0. The van der Waals surface area contributed by atoms with Crippen LogP contribution in [0.2, 0.25) is 0 Å². The highest BCUT2D eigenvalue weighted by atomic mass is 32.2. The van der Waals surface area contributed by atoms with Crippen LogP contribution in [0, 0.1) is 0 Å². The SMILES string of the molecule is O=S(=O)(O)C(F)(F)C(F)C(F)(F)S(=O)(=O)O. The van der Waals surface area contributed by atoms with Gasteiger partial charge in [-0.2, -0.15) is 34.4 Å². The number of hydrogen-bond donors (Lipinski definition) is 2. The minimum Gasteiger partial charge on any atom is -0.281 e. The van der Waals surface area contributed by atoms with Crippen molar-refractivity contribution in [2.45, 2.75) is 16.7 Å². The minimum atomic E-state index is -6.61. The van der Waals surface area contributed by atoms with Crippen LogP contribution in [0.15, 0.2) is 0 Å². The van der Waals surface area contributed by atoms with E-state index in [0.717, 1.165) is 0 Å². The molecule has 0 amide bonds. The van der Waals surface area contributed by atoms with Crippen molar-refractivity contribution >= 4 is 20.2 Å². The number of hydrogen-bond acceptors (Lipinski definition) is 4. The molecule has 6 nitrogen and oxygen atoms in total. The molecule has 0 aliphatic heterocycles. The summed E-state index contributed by atoms with van der Waals surface area (Å²) in [4.78, 5) is 0. The van der Waals surface area contributed by atoms with Gasteiger partial charge in [-0.3, -0.25) is 9.11 Å². The molecule has 0 saturated heterocycles. The van der Waals surface area contributed by atoms with Gasteiger partial charge in [-0.1, -0.05) is 0 Å².